The molecule has 7 nitrogen and oxygen atoms in total. The molecule has 31 heavy (non-hydrogen) atoms. The van der Waals surface area contributed by atoms with E-state index in [1.54, 1.807) is 43.3 Å². The lowest BCUT2D eigenvalue weighted by molar-refractivity contribution is -0.139. The fourth-order valence-electron chi connectivity index (χ4n) is 3.65. The van der Waals surface area contributed by atoms with Crippen LogP contribution in [0, 0.1) is 24.1 Å². The molecular formula is C23H20FN3O4. The number of ether oxygens (including phenoxy) is 2. The Balaban J connectivity index is 2.47. The smallest absolute Gasteiger partial charge is 0.355 e. The maximum atomic E-state index is 14.9. The second-order valence-electron chi connectivity index (χ2n) is 6.74. The summed E-state index contributed by atoms with van der Waals surface area (Å²) >= 11 is 0. The normalized spacial score (nSPS) is 16.1. The lowest BCUT2D eigenvalue weighted by Gasteiger charge is -2.36. The third kappa shape index (κ3) is 3.62. The Kier molecular flexibility index (Phi) is 6.07. The summed E-state index contributed by atoms with van der Waals surface area (Å²) in [4.78, 5) is 26.9. The van der Waals surface area contributed by atoms with Crippen LogP contribution >= 0.6 is 0 Å². The highest BCUT2D eigenvalue weighted by molar-refractivity contribution is 6.06. The van der Waals surface area contributed by atoms with E-state index in [0.717, 1.165) is 19.1 Å². The maximum Gasteiger partial charge on any atom is 0.355 e. The molecule has 0 bridgehead atoms. The summed E-state index contributed by atoms with van der Waals surface area (Å²) < 4.78 is 24.8. The van der Waals surface area contributed by atoms with Gasteiger partial charge in [-0.1, -0.05) is 42.5 Å². The van der Waals surface area contributed by atoms with Crippen molar-refractivity contribution in [3.05, 3.63) is 88.1 Å². The molecule has 3 rings (SSSR count). The first kappa shape index (κ1) is 21.6. The summed E-state index contributed by atoms with van der Waals surface area (Å²) in [6.07, 6.45) is 0. The summed E-state index contributed by atoms with van der Waals surface area (Å²) in [5.41, 5.74) is 6.73. The van der Waals surface area contributed by atoms with E-state index in [4.69, 9.17) is 15.2 Å². The van der Waals surface area contributed by atoms with Gasteiger partial charge < -0.3 is 15.2 Å². The first-order valence-electron chi connectivity index (χ1n) is 9.28. The van der Waals surface area contributed by atoms with Crippen molar-refractivity contribution < 1.29 is 23.5 Å². The molecule has 1 aliphatic rings. The predicted octanol–water partition coefficient (Wildman–Crippen LogP) is 3.03. The van der Waals surface area contributed by atoms with Gasteiger partial charge in [-0.3, -0.25) is 4.90 Å². The van der Waals surface area contributed by atoms with Crippen molar-refractivity contribution in [1.29, 1.82) is 5.26 Å². The molecule has 0 saturated carbocycles. The van der Waals surface area contributed by atoms with Gasteiger partial charge in [-0.05, 0) is 24.1 Å². The number of carbonyl (C=O) groups is 2. The van der Waals surface area contributed by atoms with Gasteiger partial charge in [0.1, 0.15) is 17.3 Å². The fraction of sp³-hybridized carbons (Fsp3) is 0.174. The lowest BCUT2D eigenvalue weighted by Crippen LogP contribution is -2.41. The Morgan fingerprint density at radius 3 is 2.26 bits per heavy atom. The van der Waals surface area contributed by atoms with Gasteiger partial charge in [-0.2, -0.15) is 5.26 Å². The van der Waals surface area contributed by atoms with E-state index < -0.39 is 23.7 Å². The van der Waals surface area contributed by atoms with Crippen molar-refractivity contribution in [2.75, 3.05) is 19.1 Å². The van der Waals surface area contributed by atoms with Gasteiger partial charge >= 0.3 is 11.9 Å². The number of nitriles is 1. The molecule has 2 N–H and O–H groups in total. The number of hydrogen-bond acceptors (Lipinski definition) is 7. The number of esters is 2. The van der Waals surface area contributed by atoms with Gasteiger partial charge in [0, 0.05) is 0 Å². The molecule has 1 heterocycles. The van der Waals surface area contributed by atoms with Crippen LogP contribution in [0.15, 0.2) is 71.2 Å². The quantitative estimate of drug-likeness (QED) is 0.757. The molecule has 8 heteroatoms. The van der Waals surface area contributed by atoms with Crippen molar-refractivity contribution in [1.82, 2.24) is 0 Å². The highest BCUT2D eigenvalue weighted by Gasteiger charge is 2.43. The fourth-order valence-corrected chi connectivity index (χ4v) is 3.65. The topological polar surface area (TPSA) is 106 Å². The van der Waals surface area contributed by atoms with Crippen molar-refractivity contribution in [2.45, 2.75) is 12.8 Å². The second kappa shape index (κ2) is 8.71. The third-order valence-corrected chi connectivity index (χ3v) is 5.02. The zero-order valence-electron chi connectivity index (χ0n) is 17.2. The molecule has 2 aromatic carbocycles. The molecule has 0 saturated heterocycles. The number of benzene rings is 2. The number of anilines is 1. The minimum atomic E-state index is -1.00. The summed E-state index contributed by atoms with van der Waals surface area (Å²) in [7, 11) is 2.28. The lowest BCUT2D eigenvalue weighted by atomic mass is 9.80. The number of nitrogens with two attached hydrogens (primary N) is 1. The number of carbonyl (C=O) groups excluding carboxylic acids is 2. The molecule has 1 unspecified atom stereocenters. The molecule has 0 amide bonds. The largest absolute Gasteiger partial charge is 0.466 e. The van der Waals surface area contributed by atoms with Gasteiger partial charge in [0.2, 0.25) is 0 Å². The average Bonchev–Trinajstić information content (AvgIpc) is 2.78. The van der Waals surface area contributed by atoms with Crippen LogP contribution in [0.4, 0.5) is 10.1 Å². The molecule has 0 aliphatic carbocycles. The van der Waals surface area contributed by atoms with E-state index in [1.165, 1.54) is 12.1 Å². The summed E-state index contributed by atoms with van der Waals surface area (Å²) in [6.45, 7) is 1.62. The number of aryl methyl sites for hydroxylation is 1. The van der Waals surface area contributed by atoms with Gasteiger partial charge in [-0.25, -0.2) is 14.0 Å². The van der Waals surface area contributed by atoms with Crippen LogP contribution in [0.3, 0.4) is 0 Å². The van der Waals surface area contributed by atoms with E-state index >= 15 is 0 Å². The SMILES string of the molecule is COC(=O)C1=C(C(=O)OC)N(c2c(C)cccc2F)C(N)=C(C#N)C1c1ccccc1. The number of rotatable bonds is 4. The van der Waals surface area contributed by atoms with E-state index in [0.29, 0.717) is 11.1 Å². The van der Waals surface area contributed by atoms with E-state index in [-0.39, 0.29) is 28.4 Å². The third-order valence-electron chi connectivity index (χ3n) is 5.02. The number of nitrogens with zero attached hydrogens (tertiary/aromatic N) is 2. The molecule has 0 radical (unpaired) electrons. The minimum Gasteiger partial charge on any atom is -0.466 e. The second-order valence-corrected chi connectivity index (χ2v) is 6.74. The van der Waals surface area contributed by atoms with E-state index in [1.807, 2.05) is 6.07 Å². The van der Waals surface area contributed by atoms with Crippen LogP contribution < -0.4 is 10.6 Å². The van der Waals surface area contributed by atoms with Gasteiger partial charge in [-0.15, -0.1) is 0 Å². The van der Waals surface area contributed by atoms with Gasteiger partial charge in [0.05, 0.1) is 43.0 Å². The van der Waals surface area contributed by atoms with Crippen LogP contribution in [-0.4, -0.2) is 26.2 Å². The van der Waals surface area contributed by atoms with Crippen molar-refractivity contribution in [2.24, 2.45) is 5.73 Å². The van der Waals surface area contributed by atoms with Crippen molar-refractivity contribution in [3.8, 4) is 6.07 Å². The standard InChI is InChI=1S/C23H20FN3O4/c1-13-8-7-11-16(24)19(13)27-20(23(29)31-3)18(22(28)30-2)17(15(12-25)21(27)26)14-9-5-4-6-10-14/h4-11,17H,26H2,1-3H3. The molecule has 0 spiro atoms. The number of allylic oxidation sites excluding steroid dienone is 1. The van der Waals surface area contributed by atoms with Crippen LogP contribution in [0.2, 0.25) is 0 Å². The molecule has 158 valence electrons. The molecule has 1 atom stereocenters. The number of methoxy groups -OCH3 is 2. The monoisotopic (exact) mass is 421 g/mol. The molecular weight excluding hydrogens is 401 g/mol. The van der Waals surface area contributed by atoms with Crippen LogP contribution in [0.1, 0.15) is 17.0 Å². The van der Waals surface area contributed by atoms with E-state index in [9.17, 15) is 19.2 Å². The number of hydrogen-bond donors (Lipinski definition) is 1. The Morgan fingerprint density at radius 1 is 1.06 bits per heavy atom. The van der Waals surface area contributed by atoms with Gasteiger partial charge in [0.15, 0.2) is 0 Å². The predicted molar refractivity (Wildman–Crippen MR) is 111 cm³/mol. The minimum absolute atomic E-state index is 0.0260. The molecule has 2 aromatic rings. The molecule has 1 aliphatic heterocycles. The summed E-state index contributed by atoms with van der Waals surface area (Å²) in [5.74, 6) is -3.67. The summed E-state index contributed by atoms with van der Waals surface area (Å²) in [6, 6.07) is 14.9. The van der Waals surface area contributed by atoms with E-state index in [2.05, 4.69) is 0 Å². The number of halogens is 1. The van der Waals surface area contributed by atoms with Crippen LogP contribution in [-0.2, 0) is 19.1 Å². The first-order valence-corrected chi connectivity index (χ1v) is 9.28. The van der Waals surface area contributed by atoms with Gasteiger partial charge in [0.25, 0.3) is 0 Å². The Labute approximate surface area is 178 Å². The van der Waals surface area contributed by atoms with Crippen LogP contribution in [0.5, 0.6) is 0 Å². The Morgan fingerprint density at radius 2 is 1.71 bits per heavy atom. The summed E-state index contributed by atoms with van der Waals surface area (Å²) in [5, 5.41) is 9.95. The van der Waals surface area contributed by atoms with Crippen molar-refractivity contribution in [3.63, 3.8) is 0 Å². The Hall–Kier alpha value is -4.12. The Bertz CT molecular complexity index is 1130. The molecule has 0 fully saturated rings. The van der Waals surface area contributed by atoms with Crippen LogP contribution in [0.25, 0.3) is 0 Å². The first-order chi connectivity index (χ1) is 14.9. The molecule has 0 aromatic heterocycles. The van der Waals surface area contributed by atoms with Crippen molar-refractivity contribution >= 4 is 17.6 Å². The zero-order valence-corrected chi connectivity index (χ0v) is 17.2. The maximum absolute atomic E-state index is 14.9. The average molecular weight is 421 g/mol. The number of para-hydroxylation sites is 1. The zero-order chi connectivity index (χ0) is 22.7. The highest BCUT2D eigenvalue weighted by atomic mass is 19.1. The highest BCUT2D eigenvalue weighted by Crippen LogP contribution is 2.44.